The zero-order valence-electron chi connectivity index (χ0n) is 15.2. The van der Waals surface area contributed by atoms with E-state index in [2.05, 4.69) is 0 Å². The lowest BCUT2D eigenvalue weighted by Crippen LogP contribution is -2.35. The maximum Gasteiger partial charge on any atom is 0.347 e. The first-order valence-corrected chi connectivity index (χ1v) is 9.08. The largest absolute Gasteiger partial charge is 0.491 e. The van der Waals surface area contributed by atoms with Crippen LogP contribution in [0.2, 0.25) is 0 Å². The summed E-state index contributed by atoms with van der Waals surface area (Å²) in [7, 11) is 0. The number of hydrogen-bond donors (Lipinski definition) is 0. The molecule has 4 rings (SSSR count). The molecule has 0 aliphatic carbocycles. The first-order chi connectivity index (χ1) is 13.2. The molecule has 7 nitrogen and oxygen atoms in total. The summed E-state index contributed by atoms with van der Waals surface area (Å²) in [5.74, 6) is -0.463. The van der Waals surface area contributed by atoms with Crippen LogP contribution in [0.1, 0.15) is 24.2 Å². The summed E-state index contributed by atoms with van der Waals surface area (Å²) in [4.78, 5) is 25.7. The van der Waals surface area contributed by atoms with Crippen LogP contribution in [0.4, 0.5) is 0 Å². The molecule has 142 valence electrons. The third kappa shape index (κ3) is 2.88. The van der Waals surface area contributed by atoms with E-state index in [4.69, 9.17) is 18.9 Å². The van der Waals surface area contributed by atoms with Crippen molar-refractivity contribution in [3.63, 3.8) is 0 Å². The van der Waals surface area contributed by atoms with Crippen molar-refractivity contribution in [3.05, 3.63) is 52.5 Å². The molecule has 2 aliphatic heterocycles. The van der Waals surface area contributed by atoms with Gasteiger partial charge in [0.15, 0.2) is 17.8 Å². The summed E-state index contributed by atoms with van der Waals surface area (Å²) in [5, 5.41) is 0.677. The van der Waals surface area contributed by atoms with Gasteiger partial charge in [0.2, 0.25) is 0 Å². The average molecular weight is 371 g/mol. The molecule has 0 saturated carbocycles. The number of carbonyl (C=O) groups excluding carboxylic acids is 1. The van der Waals surface area contributed by atoms with Crippen molar-refractivity contribution in [1.29, 1.82) is 0 Å². The number of carbonyl (C=O) groups is 1. The summed E-state index contributed by atoms with van der Waals surface area (Å²) >= 11 is 0. The van der Waals surface area contributed by atoms with Gasteiger partial charge in [-0.3, -0.25) is 4.79 Å². The van der Waals surface area contributed by atoms with Crippen LogP contribution < -0.4 is 10.3 Å². The lowest BCUT2D eigenvalue weighted by Gasteiger charge is -2.22. The van der Waals surface area contributed by atoms with Crippen molar-refractivity contribution in [2.75, 3.05) is 13.2 Å². The minimum absolute atomic E-state index is 0.0909. The Labute approximate surface area is 156 Å². The van der Waals surface area contributed by atoms with E-state index < -0.39 is 17.6 Å². The highest BCUT2D eigenvalue weighted by atomic mass is 16.6. The second kappa shape index (κ2) is 7.08. The standard InChI is InChI=1S/C20H21NO6/c1-3-21-13-8-6-5-7-12(13)17(16(19(21)22)20(23)24-4-2)27-15-11-26-14-9-10-25-18(14)15/h5-10,14-15,18H,3-4,11H2,1-2H3/t14-,15+,18+/m1/s1. The van der Waals surface area contributed by atoms with E-state index in [9.17, 15) is 9.59 Å². The van der Waals surface area contributed by atoms with Gasteiger partial charge in [-0.05, 0) is 32.1 Å². The quantitative estimate of drug-likeness (QED) is 0.751. The van der Waals surface area contributed by atoms with Gasteiger partial charge in [-0.25, -0.2) is 4.79 Å². The fourth-order valence-corrected chi connectivity index (χ4v) is 3.60. The minimum Gasteiger partial charge on any atom is -0.491 e. The lowest BCUT2D eigenvalue weighted by atomic mass is 10.1. The predicted octanol–water partition coefficient (Wildman–Crippen LogP) is 2.26. The number of nitrogens with zero attached hydrogens (tertiary/aromatic N) is 1. The molecule has 1 aromatic carbocycles. The number of para-hydroxylation sites is 1. The van der Waals surface area contributed by atoms with Crippen LogP contribution >= 0.6 is 0 Å². The topological polar surface area (TPSA) is 76.0 Å². The average Bonchev–Trinajstić information content (AvgIpc) is 3.27. The van der Waals surface area contributed by atoms with E-state index in [1.807, 2.05) is 37.3 Å². The Morgan fingerprint density at radius 1 is 1.30 bits per heavy atom. The number of aryl methyl sites for hydroxylation is 1. The van der Waals surface area contributed by atoms with E-state index in [0.29, 0.717) is 24.1 Å². The zero-order valence-corrected chi connectivity index (χ0v) is 15.2. The highest BCUT2D eigenvalue weighted by molar-refractivity contribution is 5.99. The Kier molecular flexibility index (Phi) is 4.61. The van der Waals surface area contributed by atoms with Crippen LogP contribution in [0, 0.1) is 0 Å². The van der Waals surface area contributed by atoms with Crippen molar-refractivity contribution in [2.45, 2.75) is 38.7 Å². The van der Waals surface area contributed by atoms with Crippen LogP contribution in [0.3, 0.4) is 0 Å². The van der Waals surface area contributed by atoms with Gasteiger partial charge < -0.3 is 23.5 Å². The molecule has 0 N–H and O–H groups in total. The van der Waals surface area contributed by atoms with Gasteiger partial charge in [0, 0.05) is 11.9 Å². The summed E-state index contributed by atoms with van der Waals surface area (Å²) in [5.41, 5.74) is 0.186. The Morgan fingerprint density at radius 3 is 2.89 bits per heavy atom. The van der Waals surface area contributed by atoms with Crippen molar-refractivity contribution < 1.29 is 23.7 Å². The van der Waals surface area contributed by atoms with E-state index in [0.717, 1.165) is 0 Å². The number of esters is 1. The summed E-state index contributed by atoms with van der Waals surface area (Å²) < 4.78 is 24.1. The van der Waals surface area contributed by atoms with Gasteiger partial charge in [-0.1, -0.05) is 12.1 Å². The summed E-state index contributed by atoms with van der Waals surface area (Å²) in [6.45, 7) is 4.46. The number of ether oxygens (including phenoxy) is 4. The van der Waals surface area contributed by atoms with Crippen LogP contribution in [0.5, 0.6) is 5.75 Å². The molecule has 3 atom stereocenters. The van der Waals surface area contributed by atoms with Crippen molar-refractivity contribution >= 4 is 16.9 Å². The molecule has 2 aliphatic rings. The first-order valence-electron chi connectivity index (χ1n) is 9.08. The molecule has 0 amide bonds. The lowest BCUT2D eigenvalue weighted by molar-refractivity contribution is 0.0482. The molecular weight excluding hydrogens is 350 g/mol. The third-order valence-electron chi connectivity index (χ3n) is 4.84. The Bertz CT molecular complexity index is 963. The van der Waals surface area contributed by atoms with Crippen molar-refractivity contribution in [2.24, 2.45) is 0 Å². The fourth-order valence-electron chi connectivity index (χ4n) is 3.60. The van der Waals surface area contributed by atoms with E-state index in [1.54, 1.807) is 17.8 Å². The molecule has 1 aromatic heterocycles. The number of aromatic nitrogens is 1. The minimum atomic E-state index is -0.689. The zero-order chi connectivity index (χ0) is 19.0. The van der Waals surface area contributed by atoms with E-state index in [1.165, 1.54) is 0 Å². The van der Waals surface area contributed by atoms with Gasteiger partial charge >= 0.3 is 5.97 Å². The van der Waals surface area contributed by atoms with E-state index in [-0.39, 0.29) is 30.1 Å². The van der Waals surface area contributed by atoms with Gasteiger partial charge in [-0.15, -0.1) is 0 Å². The normalized spacial score (nSPS) is 23.3. The smallest absolute Gasteiger partial charge is 0.347 e. The maximum atomic E-state index is 13.1. The second-order valence-corrected chi connectivity index (χ2v) is 6.37. The van der Waals surface area contributed by atoms with Gasteiger partial charge in [0.25, 0.3) is 5.56 Å². The van der Waals surface area contributed by atoms with E-state index >= 15 is 0 Å². The molecule has 0 bridgehead atoms. The second-order valence-electron chi connectivity index (χ2n) is 6.37. The first kappa shape index (κ1) is 17.6. The number of fused-ring (bicyclic) bond motifs is 2. The summed E-state index contributed by atoms with van der Waals surface area (Å²) in [6, 6.07) is 7.36. The molecule has 2 aromatic rings. The molecule has 0 spiro atoms. The molecule has 1 fully saturated rings. The third-order valence-corrected chi connectivity index (χ3v) is 4.84. The molecule has 3 heterocycles. The fraction of sp³-hybridized carbons (Fsp3) is 0.400. The van der Waals surface area contributed by atoms with Gasteiger partial charge in [0.1, 0.15) is 11.9 Å². The number of benzene rings is 1. The van der Waals surface area contributed by atoms with Crippen LogP contribution in [-0.2, 0) is 20.8 Å². The number of hydrogen-bond acceptors (Lipinski definition) is 6. The molecule has 27 heavy (non-hydrogen) atoms. The monoisotopic (exact) mass is 371 g/mol. The highest BCUT2D eigenvalue weighted by Crippen LogP contribution is 2.33. The van der Waals surface area contributed by atoms with Crippen molar-refractivity contribution in [3.8, 4) is 5.75 Å². The summed E-state index contributed by atoms with van der Waals surface area (Å²) in [6.07, 6.45) is 2.51. The Balaban J connectivity index is 1.87. The van der Waals surface area contributed by atoms with Crippen LogP contribution in [0.15, 0.2) is 41.4 Å². The van der Waals surface area contributed by atoms with Crippen molar-refractivity contribution in [1.82, 2.24) is 4.57 Å². The van der Waals surface area contributed by atoms with Gasteiger partial charge in [0.05, 0.1) is 25.0 Å². The molecule has 0 radical (unpaired) electrons. The molecule has 0 unspecified atom stereocenters. The number of pyridine rings is 1. The Hall–Kier alpha value is -2.80. The predicted molar refractivity (Wildman–Crippen MR) is 98.0 cm³/mol. The SMILES string of the molecule is CCOC(=O)c1c(O[C@H]2CO[C@@H]3C=CO[C@H]23)c2ccccc2n(CC)c1=O. The van der Waals surface area contributed by atoms with Crippen LogP contribution in [0.25, 0.3) is 10.9 Å². The molecule has 1 saturated heterocycles. The number of rotatable bonds is 5. The molecule has 7 heteroatoms. The maximum absolute atomic E-state index is 13.1. The molecular formula is C20H21NO6. The van der Waals surface area contributed by atoms with Gasteiger partial charge in [-0.2, -0.15) is 0 Å². The highest BCUT2D eigenvalue weighted by Gasteiger charge is 2.42. The van der Waals surface area contributed by atoms with Crippen LogP contribution in [-0.4, -0.2) is 42.1 Å². The Morgan fingerprint density at radius 2 is 2.11 bits per heavy atom.